The molecule has 8 heteroatoms. The first-order chi connectivity index (χ1) is 10.7. The summed E-state index contributed by atoms with van der Waals surface area (Å²) in [5.74, 6) is -0.306. The number of carbonyl (C=O) groups is 1. The van der Waals surface area contributed by atoms with Crippen molar-refractivity contribution >= 4 is 28.7 Å². The van der Waals surface area contributed by atoms with Crippen LogP contribution in [0.15, 0.2) is 36.5 Å². The van der Waals surface area contributed by atoms with Crippen molar-refractivity contribution in [1.82, 2.24) is 9.88 Å². The molecule has 0 radical (unpaired) electrons. The first kappa shape index (κ1) is 17.5. The summed E-state index contributed by atoms with van der Waals surface area (Å²) in [5.41, 5.74) is -0.269. The lowest BCUT2D eigenvalue weighted by molar-refractivity contribution is -0.137. The van der Waals surface area contributed by atoms with Gasteiger partial charge in [0.2, 0.25) is 0 Å². The second-order valence-electron chi connectivity index (χ2n) is 4.86. The summed E-state index contributed by atoms with van der Waals surface area (Å²) < 4.78 is 37.7. The monoisotopic (exact) mass is 360 g/mol. The zero-order valence-corrected chi connectivity index (χ0v) is 13.8. The van der Waals surface area contributed by atoms with Gasteiger partial charge >= 0.3 is 6.18 Å². The fourth-order valence-electron chi connectivity index (χ4n) is 1.67. The Kier molecular flexibility index (Phi) is 5.11. The van der Waals surface area contributed by atoms with Gasteiger partial charge in [0.1, 0.15) is 9.88 Å². The van der Waals surface area contributed by atoms with Gasteiger partial charge in [-0.25, -0.2) is 4.98 Å². The molecule has 0 saturated carbocycles. The fraction of sp³-hybridized carbons (Fsp3) is 0.200. The molecule has 1 heterocycles. The zero-order chi connectivity index (χ0) is 17.2. The Morgan fingerprint density at radius 3 is 2.39 bits per heavy atom. The minimum atomic E-state index is -4.39. The molecule has 2 rings (SSSR count). The first-order valence-corrected chi connectivity index (χ1v) is 7.61. The number of thiazole rings is 1. The van der Waals surface area contributed by atoms with Gasteiger partial charge in [-0.15, -0.1) is 11.3 Å². The third-order valence-corrected chi connectivity index (χ3v) is 4.30. The molecular formula is C15H12ClF3N2OS. The van der Waals surface area contributed by atoms with E-state index in [1.807, 2.05) is 0 Å². The van der Waals surface area contributed by atoms with E-state index in [1.165, 1.54) is 18.2 Å². The predicted molar refractivity (Wildman–Crippen MR) is 84.7 cm³/mol. The molecule has 0 aliphatic rings. The largest absolute Gasteiger partial charge is 0.416 e. The van der Waals surface area contributed by atoms with Crippen LogP contribution in [0.4, 0.5) is 13.2 Å². The molecule has 23 heavy (non-hydrogen) atoms. The van der Waals surface area contributed by atoms with Gasteiger partial charge in [0.05, 0.1) is 5.56 Å². The van der Waals surface area contributed by atoms with E-state index in [4.69, 9.17) is 11.6 Å². The molecule has 0 spiro atoms. The Morgan fingerprint density at radius 2 is 1.87 bits per heavy atom. The van der Waals surface area contributed by atoms with E-state index < -0.39 is 11.7 Å². The van der Waals surface area contributed by atoms with Crippen molar-refractivity contribution < 1.29 is 18.0 Å². The summed E-state index contributed by atoms with van der Waals surface area (Å²) in [5, 5.41) is 0.434. The van der Waals surface area contributed by atoms with Crippen molar-refractivity contribution in [2.75, 3.05) is 14.1 Å². The predicted octanol–water partition coefficient (Wildman–Crippen LogP) is 4.74. The molecule has 122 valence electrons. The number of rotatable bonds is 4. The van der Waals surface area contributed by atoms with Crippen LogP contribution in [0, 0.1) is 0 Å². The van der Waals surface area contributed by atoms with Gasteiger partial charge in [0.15, 0.2) is 10.9 Å². The van der Waals surface area contributed by atoms with Crippen LogP contribution in [0.5, 0.6) is 0 Å². The molecule has 0 fully saturated rings. The molecule has 0 atom stereocenters. The maximum atomic E-state index is 12.6. The van der Waals surface area contributed by atoms with Gasteiger partial charge < -0.3 is 4.90 Å². The van der Waals surface area contributed by atoms with E-state index in [-0.39, 0.29) is 15.8 Å². The molecule has 1 aromatic heterocycles. The van der Waals surface area contributed by atoms with E-state index in [0.29, 0.717) is 10.6 Å². The highest BCUT2D eigenvalue weighted by atomic mass is 35.5. The quantitative estimate of drug-likeness (QED) is 0.583. The number of aromatic nitrogens is 1. The third kappa shape index (κ3) is 4.33. The molecule has 0 N–H and O–H groups in total. The summed E-state index contributed by atoms with van der Waals surface area (Å²) in [4.78, 5) is 18.0. The van der Waals surface area contributed by atoms with E-state index in [9.17, 15) is 18.0 Å². The molecular weight excluding hydrogens is 349 g/mol. The minimum absolute atomic E-state index is 0.0401. The summed E-state index contributed by atoms with van der Waals surface area (Å²) in [6.45, 7) is 0. The number of nitrogens with zero attached hydrogens (tertiary/aromatic N) is 2. The Labute approximate surface area is 140 Å². The number of ketones is 1. The van der Waals surface area contributed by atoms with Crippen molar-refractivity contribution in [3.05, 3.63) is 52.1 Å². The molecule has 1 aromatic carbocycles. The van der Waals surface area contributed by atoms with Crippen LogP contribution in [0.25, 0.3) is 10.6 Å². The maximum Gasteiger partial charge on any atom is 0.416 e. The fourth-order valence-corrected chi connectivity index (χ4v) is 2.90. The topological polar surface area (TPSA) is 33.2 Å². The summed E-state index contributed by atoms with van der Waals surface area (Å²) in [7, 11) is 3.54. The van der Waals surface area contributed by atoms with Crippen LogP contribution in [0.2, 0.25) is 5.15 Å². The Morgan fingerprint density at radius 1 is 1.26 bits per heavy atom. The van der Waals surface area contributed by atoms with Gasteiger partial charge in [-0.3, -0.25) is 4.79 Å². The maximum absolute atomic E-state index is 12.6. The number of hydrogen-bond acceptors (Lipinski definition) is 4. The third-order valence-electron chi connectivity index (χ3n) is 2.79. The second kappa shape index (κ2) is 6.72. The summed E-state index contributed by atoms with van der Waals surface area (Å²) >= 11 is 7.00. The molecule has 0 unspecified atom stereocenters. The van der Waals surface area contributed by atoms with Crippen molar-refractivity contribution in [3.8, 4) is 10.6 Å². The van der Waals surface area contributed by atoms with Crippen LogP contribution in [-0.2, 0) is 6.18 Å². The Hall–Kier alpha value is -1.86. The van der Waals surface area contributed by atoms with Crippen LogP contribution in [0.3, 0.4) is 0 Å². The Balaban J connectivity index is 2.29. The number of carbonyl (C=O) groups excluding carboxylic acids is 1. The highest BCUT2D eigenvalue weighted by molar-refractivity contribution is 7.17. The first-order valence-electron chi connectivity index (χ1n) is 6.41. The highest BCUT2D eigenvalue weighted by Crippen LogP contribution is 2.34. The van der Waals surface area contributed by atoms with Crippen molar-refractivity contribution in [3.63, 3.8) is 0 Å². The van der Waals surface area contributed by atoms with Gasteiger partial charge in [-0.1, -0.05) is 23.7 Å². The lowest BCUT2D eigenvalue weighted by Gasteiger charge is -2.06. The minimum Gasteiger partial charge on any atom is -0.383 e. The molecule has 0 aliphatic carbocycles. The van der Waals surface area contributed by atoms with Gasteiger partial charge in [0.25, 0.3) is 0 Å². The SMILES string of the molecule is CN(C)C=CC(=O)c1sc(-c2ccc(C(F)(F)F)cc2)nc1Cl. The molecule has 0 amide bonds. The Bertz CT molecular complexity index is 736. The second-order valence-corrected chi connectivity index (χ2v) is 6.21. The van der Waals surface area contributed by atoms with Gasteiger partial charge in [0, 0.05) is 31.9 Å². The number of hydrogen-bond donors (Lipinski definition) is 0. The van der Waals surface area contributed by atoms with E-state index in [2.05, 4.69) is 4.98 Å². The van der Waals surface area contributed by atoms with E-state index in [0.717, 1.165) is 23.5 Å². The van der Waals surface area contributed by atoms with Crippen LogP contribution < -0.4 is 0 Å². The van der Waals surface area contributed by atoms with Gasteiger partial charge in [-0.05, 0) is 12.1 Å². The van der Waals surface area contributed by atoms with Crippen molar-refractivity contribution in [2.24, 2.45) is 0 Å². The molecule has 3 nitrogen and oxygen atoms in total. The summed E-state index contributed by atoms with van der Waals surface area (Å²) in [6.07, 6.45) is -1.46. The standard InChI is InChI=1S/C15H12ClF3N2OS/c1-21(2)8-7-11(22)12-13(16)20-14(23-12)9-3-5-10(6-4-9)15(17,18)19/h3-8H,1-2H3. The molecule has 0 saturated heterocycles. The van der Waals surface area contributed by atoms with Crippen LogP contribution >= 0.6 is 22.9 Å². The smallest absolute Gasteiger partial charge is 0.383 e. The highest BCUT2D eigenvalue weighted by Gasteiger charge is 2.30. The average Bonchev–Trinajstić information content (AvgIpc) is 2.86. The van der Waals surface area contributed by atoms with E-state index in [1.54, 1.807) is 25.2 Å². The number of alkyl halides is 3. The zero-order valence-electron chi connectivity index (χ0n) is 12.2. The number of benzene rings is 1. The van der Waals surface area contributed by atoms with Crippen LogP contribution in [0.1, 0.15) is 15.2 Å². The normalized spacial score (nSPS) is 11.9. The molecule has 2 aromatic rings. The van der Waals surface area contributed by atoms with Crippen LogP contribution in [-0.4, -0.2) is 29.8 Å². The lowest BCUT2D eigenvalue weighted by Crippen LogP contribution is -2.03. The lowest BCUT2D eigenvalue weighted by atomic mass is 10.1. The molecule has 0 aliphatic heterocycles. The van der Waals surface area contributed by atoms with Crippen molar-refractivity contribution in [2.45, 2.75) is 6.18 Å². The number of halogens is 4. The van der Waals surface area contributed by atoms with Gasteiger partial charge in [-0.2, -0.15) is 13.2 Å². The summed E-state index contributed by atoms with van der Waals surface area (Å²) in [6, 6.07) is 4.56. The molecule has 0 bridgehead atoms. The average molecular weight is 361 g/mol. The van der Waals surface area contributed by atoms with E-state index >= 15 is 0 Å². The number of allylic oxidation sites excluding steroid dienone is 1. The van der Waals surface area contributed by atoms with Crippen molar-refractivity contribution in [1.29, 1.82) is 0 Å².